The highest BCUT2D eigenvalue weighted by Crippen LogP contribution is 2.52. The van der Waals surface area contributed by atoms with Gasteiger partial charge in [0.1, 0.15) is 0 Å². The molecule has 0 spiro atoms. The van der Waals surface area contributed by atoms with Crippen molar-refractivity contribution in [1.82, 2.24) is 9.97 Å². The molecule has 2 aliphatic rings. The Morgan fingerprint density at radius 1 is 1.47 bits per heavy atom. The van der Waals surface area contributed by atoms with E-state index in [9.17, 15) is 4.79 Å². The summed E-state index contributed by atoms with van der Waals surface area (Å²) in [4.78, 5) is 21.9. The molecule has 3 unspecified atom stereocenters. The van der Waals surface area contributed by atoms with E-state index in [4.69, 9.17) is 5.73 Å². The number of hydrogen-bond acceptors (Lipinski definition) is 4. The van der Waals surface area contributed by atoms with Gasteiger partial charge in [-0.2, -0.15) is 0 Å². The highest BCUT2D eigenvalue weighted by Gasteiger charge is 2.51. The average molecular weight is 204 g/mol. The van der Waals surface area contributed by atoms with E-state index >= 15 is 0 Å². The van der Waals surface area contributed by atoms with Crippen LogP contribution in [-0.4, -0.2) is 29.0 Å². The molecule has 1 saturated carbocycles. The van der Waals surface area contributed by atoms with Crippen LogP contribution in [0.1, 0.15) is 18.0 Å². The zero-order valence-electron chi connectivity index (χ0n) is 8.42. The first-order chi connectivity index (χ1) is 7.20. The maximum atomic E-state index is 11.9. The number of nitrogens with zero attached hydrogens (tertiary/aromatic N) is 3. The second kappa shape index (κ2) is 2.76. The van der Waals surface area contributed by atoms with Crippen LogP contribution in [0.15, 0.2) is 12.4 Å². The third-order valence-corrected chi connectivity index (χ3v) is 3.29. The zero-order valence-corrected chi connectivity index (χ0v) is 8.42. The Kier molecular flexibility index (Phi) is 1.62. The van der Waals surface area contributed by atoms with Crippen LogP contribution < -0.4 is 10.6 Å². The molecule has 1 aliphatic carbocycles. The van der Waals surface area contributed by atoms with E-state index < -0.39 is 6.04 Å². The second-order valence-corrected chi connectivity index (χ2v) is 4.19. The van der Waals surface area contributed by atoms with Gasteiger partial charge in [0.2, 0.25) is 5.91 Å². The van der Waals surface area contributed by atoms with Gasteiger partial charge < -0.3 is 5.73 Å². The number of nitrogens with two attached hydrogens (primary N) is 1. The molecule has 0 aromatic carbocycles. The highest BCUT2D eigenvalue weighted by atomic mass is 16.2. The lowest BCUT2D eigenvalue weighted by Crippen LogP contribution is -2.42. The number of fused-ring (bicyclic) bond motifs is 3. The summed E-state index contributed by atoms with van der Waals surface area (Å²) in [5.74, 6) is 1.21. The maximum absolute atomic E-state index is 11.9. The van der Waals surface area contributed by atoms with Gasteiger partial charge in [-0.3, -0.25) is 14.7 Å². The molecule has 1 aliphatic heterocycles. The molecule has 78 valence electrons. The van der Waals surface area contributed by atoms with E-state index in [1.807, 2.05) is 0 Å². The van der Waals surface area contributed by atoms with Gasteiger partial charge in [0, 0.05) is 25.4 Å². The summed E-state index contributed by atoms with van der Waals surface area (Å²) >= 11 is 0. The van der Waals surface area contributed by atoms with E-state index in [0.29, 0.717) is 11.7 Å². The van der Waals surface area contributed by atoms with Gasteiger partial charge in [0.25, 0.3) is 0 Å². The predicted octanol–water partition coefficient (Wildman–Crippen LogP) is -0.116. The molecule has 1 aromatic heterocycles. The smallest absolute Gasteiger partial charge is 0.245 e. The lowest BCUT2D eigenvalue weighted by atomic mass is 10.1. The molecule has 5 nitrogen and oxygen atoms in total. The molecular weight excluding hydrogens is 192 g/mol. The van der Waals surface area contributed by atoms with Gasteiger partial charge in [0.05, 0.1) is 11.7 Å². The molecular formula is C10H12N4O. The molecule has 0 saturated heterocycles. The fraction of sp³-hybridized carbons (Fsp3) is 0.500. The SMILES string of the molecule is CN1C(=O)C(N)C2CC2c2nccnc21. The van der Waals surface area contributed by atoms with Gasteiger partial charge in [-0.1, -0.05) is 0 Å². The zero-order chi connectivity index (χ0) is 10.6. The first-order valence-corrected chi connectivity index (χ1v) is 5.04. The Labute approximate surface area is 87.3 Å². The second-order valence-electron chi connectivity index (χ2n) is 4.19. The third-order valence-electron chi connectivity index (χ3n) is 3.29. The third kappa shape index (κ3) is 1.10. The number of hydrogen-bond donors (Lipinski definition) is 1. The summed E-state index contributed by atoms with van der Waals surface area (Å²) in [7, 11) is 1.71. The fourth-order valence-corrected chi connectivity index (χ4v) is 2.30. The predicted molar refractivity (Wildman–Crippen MR) is 54.3 cm³/mol. The van der Waals surface area contributed by atoms with Crippen LogP contribution in [0.5, 0.6) is 0 Å². The highest BCUT2D eigenvalue weighted by molar-refractivity contribution is 5.98. The van der Waals surface area contributed by atoms with Crippen molar-refractivity contribution in [2.45, 2.75) is 18.4 Å². The Hall–Kier alpha value is -1.49. The van der Waals surface area contributed by atoms with Crippen LogP contribution in [0.4, 0.5) is 5.82 Å². The normalized spacial score (nSPS) is 33.1. The summed E-state index contributed by atoms with van der Waals surface area (Å²) in [6, 6.07) is -0.393. The van der Waals surface area contributed by atoms with Crippen LogP contribution in [0.25, 0.3) is 0 Å². The minimum atomic E-state index is -0.393. The summed E-state index contributed by atoms with van der Waals surface area (Å²) in [6.45, 7) is 0. The van der Waals surface area contributed by atoms with Crippen LogP contribution >= 0.6 is 0 Å². The molecule has 0 radical (unpaired) electrons. The lowest BCUT2D eigenvalue weighted by Gasteiger charge is -2.18. The average Bonchev–Trinajstić information content (AvgIpc) is 3.05. The van der Waals surface area contributed by atoms with Crippen molar-refractivity contribution < 1.29 is 4.79 Å². The molecule has 1 aromatic rings. The number of amides is 1. The van der Waals surface area contributed by atoms with Crippen molar-refractivity contribution >= 4 is 11.7 Å². The van der Waals surface area contributed by atoms with E-state index in [0.717, 1.165) is 12.1 Å². The van der Waals surface area contributed by atoms with E-state index in [2.05, 4.69) is 9.97 Å². The Morgan fingerprint density at radius 2 is 2.20 bits per heavy atom. The number of carbonyl (C=O) groups excluding carboxylic acids is 1. The molecule has 1 fully saturated rings. The van der Waals surface area contributed by atoms with Crippen LogP contribution in [0, 0.1) is 5.92 Å². The summed E-state index contributed by atoms with van der Waals surface area (Å²) in [5.41, 5.74) is 6.81. The van der Waals surface area contributed by atoms with Crippen LogP contribution in [0.3, 0.4) is 0 Å². The Morgan fingerprint density at radius 3 is 3.00 bits per heavy atom. The maximum Gasteiger partial charge on any atom is 0.245 e. The minimum Gasteiger partial charge on any atom is -0.320 e. The summed E-state index contributed by atoms with van der Waals surface area (Å²) in [5, 5.41) is 0. The quantitative estimate of drug-likeness (QED) is 0.639. The van der Waals surface area contributed by atoms with Crippen molar-refractivity contribution in [2.75, 3.05) is 11.9 Å². The molecule has 1 amide bonds. The van der Waals surface area contributed by atoms with Crippen molar-refractivity contribution in [1.29, 1.82) is 0 Å². The molecule has 0 bridgehead atoms. The first-order valence-electron chi connectivity index (χ1n) is 5.04. The van der Waals surface area contributed by atoms with Crippen molar-refractivity contribution in [3.8, 4) is 0 Å². The van der Waals surface area contributed by atoms with Crippen molar-refractivity contribution in [3.05, 3.63) is 18.1 Å². The monoisotopic (exact) mass is 204 g/mol. The molecule has 2 N–H and O–H groups in total. The van der Waals surface area contributed by atoms with E-state index in [1.54, 1.807) is 19.4 Å². The van der Waals surface area contributed by atoms with Gasteiger partial charge in [-0.25, -0.2) is 4.98 Å². The number of likely N-dealkylation sites (N-methyl/N-ethyl adjacent to an activating group) is 1. The van der Waals surface area contributed by atoms with E-state index in [1.165, 1.54) is 4.90 Å². The number of rotatable bonds is 0. The van der Waals surface area contributed by atoms with Gasteiger partial charge in [-0.05, 0) is 12.3 Å². The van der Waals surface area contributed by atoms with Gasteiger partial charge in [0.15, 0.2) is 5.82 Å². The van der Waals surface area contributed by atoms with Crippen molar-refractivity contribution in [2.24, 2.45) is 11.7 Å². The first kappa shape index (κ1) is 8.79. The summed E-state index contributed by atoms with van der Waals surface area (Å²) < 4.78 is 0. The number of anilines is 1. The number of carbonyl (C=O) groups is 1. The molecule has 3 atom stereocenters. The van der Waals surface area contributed by atoms with Crippen LogP contribution in [-0.2, 0) is 4.79 Å². The Balaban J connectivity index is 2.14. The Bertz CT molecular complexity index is 433. The topological polar surface area (TPSA) is 72.1 Å². The van der Waals surface area contributed by atoms with E-state index in [-0.39, 0.29) is 11.8 Å². The number of aromatic nitrogens is 2. The molecule has 3 rings (SSSR count). The van der Waals surface area contributed by atoms with Crippen LogP contribution in [0.2, 0.25) is 0 Å². The van der Waals surface area contributed by atoms with Gasteiger partial charge in [-0.15, -0.1) is 0 Å². The largest absolute Gasteiger partial charge is 0.320 e. The minimum absolute atomic E-state index is 0.0539. The molecule has 5 heteroatoms. The fourth-order valence-electron chi connectivity index (χ4n) is 2.30. The van der Waals surface area contributed by atoms with Gasteiger partial charge >= 0.3 is 0 Å². The van der Waals surface area contributed by atoms with Crippen molar-refractivity contribution in [3.63, 3.8) is 0 Å². The molecule has 15 heavy (non-hydrogen) atoms. The standard InChI is InChI=1S/C10H12N4O/c1-14-9-8(12-2-3-13-9)6-4-5(6)7(11)10(14)15/h2-3,5-7H,4,11H2,1H3. The molecule has 2 heterocycles. The lowest BCUT2D eigenvalue weighted by molar-refractivity contribution is -0.119. The summed E-state index contributed by atoms with van der Waals surface area (Å²) in [6.07, 6.45) is 4.24.